The zero-order valence-electron chi connectivity index (χ0n) is 13.2. The van der Waals surface area contributed by atoms with Crippen molar-refractivity contribution < 1.29 is 32.6 Å². The molecule has 0 fully saturated rings. The fourth-order valence-electron chi connectivity index (χ4n) is 1.74. The maximum Gasteiger partial charge on any atom is 0.387 e. The number of nitrogens with one attached hydrogen (secondary N) is 1. The Morgan fingerprint density at radius 3 is 2.50 bits per heavy atom. The van der Waals surface area contributed by atoms with Gasteiger partial charge in [-0.3, -0.25) is 14.9 Å². The first-order valence-corrected chi connectivity index (χ1v) is 8.09. The standard InChI is InChI=1S/C17H13F2NO5S/c18-17(19)25-12-5-3-11(4-6-12)16(23)20-14(21)10-24-15(22)8-7-13-2-1-9-26-13/h1-9,17H,10H2,(H,20,21,23)/b8-7+. The third-order valence-corrected chi connectivity index (χ3v) is 3.70. The molecule has 0 unspecified atom stereocenters. The Morgan fingerprint density at radius 1 is 1.15 bits per heavy atom. The number of carbonyl (C=O) groups excluding carboxylic acids is 3. The molecule has 1 aromatic carbocycles. The first kappa shape index (κ1) is 19.3. The lowest BCUT2D eigenvalue weighted by molar-refractivity contribution is -0.143. The second-order valence-electron chi connectivity index (χ2n) is 4.74. The highest BCUT2D eigenvalue weighted by Gasteiger charge is 2.12. The van der Waals surface area contributed by atoms with Gasteiger partial charge in [-0.15, -0.1) is 11.3 Å². The van der Waals surface area contributed by atoms with Crippen LogP contribution in [0.3, 0.4) is 0 Å². The predicted octanol–water partition coefficient (Wildman–Crippen LogP) is 2.86. The van der Waals surface area contributed by atoms with Crippen LogP contribution >= 0.6 is 11.3 Å². The van der Waals surface area contributed by atoms with Crippen LogP contribution in [0.4, 0.5) is 8.78 Å². The predicted molar refractivity (Wildman–Crippen MR) is 89.9 cm³/mol. The number of thiophene rings is 1. The van der Waals surface area contributed by atoms with Gasteiger partial charge >= 0.3 is 12.6 Å². The molecule has 1 heterocycles. The lowest BCUT2D eigenvalue weighted by Gasteiger charge is -2.06. The molecular formula is C17H13F2NO5S. The van der Waals surface area contributed by atoms with E-state index in [1.165, 1.54) is 41.7 Å². The van der Waals surface area contributed by atoms with Gasteiger partial charge < -0.3 is 9.47 Å². The number of hydrogen-bond acceptors (Lipinski definition) is 6. The zero-order valence-corrected chi connectivity index (χ0v) is 14.0. The smallest absolute Gasteiger partial charge is 0.387 e. The first-order chi connectivity index (χ1) is 12.4. The molecule has 1 aromatic heterocycles. The molecule has 0 spiro atoms. The van der Waals surface area contributed by atoms with Crippen molar-refractivity contribution in [3.05, 3.63) is 58.3 Å². The highest BCUT2D eigenvalue weighted by molar-refractivity contribution is 7.10. The molecule has 2 aromatic rings. The quantitative estimate of drug-likeness (QED) is 0.589. The van der Waals surface area contributed by atoms with E-state index in [4.69, 9.17) is 4.74 Å². The van der Waals surface area contributed by atoms with Crippen LogP contribution in [0.25, 0.3) is 6.08 Å². The number of halogens is 2. The zero-order chi connectivity index (χ0) is 18.9. The van der Waals surface area contributed by atoms with Gasteiger partial charge in [-0.1, -0.05) is 6.07 Å². The Hall–Kier alpha value is -3.07. The highest BCUT2D eigenvalue weighted by Crippen LogP contribution is 2.14. The lowest BCUT2D eigenvalue weighted by atomic mass is 10.2. The molecule has 136 valence electrons. The monoisotopic (exact) mass is 381 g/mol. The number of hydrogen-bond donors (Lipinski definition) is 1. The molecular weight excluding hydrogens is 368 g/mol. The van der Waals surface area contributed by atoms with Gasteiger partial charge in [-0.25, -0.2) is 4.79 Å². The van der Waals surface area contributed by atoms with Crippen molar-refractivity contribution in [3.8, 4) is 5.75 Å². The van der Waals surface area contributed by atoms with E-state index in [0.717, 1.165) is 4.88 Å². The van der Waals surface area contributed by atoms with Crippen molar-refractivity contribution in [2.75, 3.05) is 6.61 Å². The Kier molecular flexibility index (Phi) is 6.98. The van der Waals surface area contributed by atoms with Gasteiger partial charge in [0.2, 0.25) is 0 Å². The number of carbonyl (C=O) groups is 3. The van der Waals surface area contributed by atoms with E-state index in [2.05, 4.69) is 4.74 Å². The van der Waals surface area contributed by atoms with Gasteiger partial charge in [0.05, 0.1) is 0 Å². The normalized spacial score (nSPS) is 10.7. The summed E-state index contributed by atoms with van der Waals surface area (Å²) in [5.74, 6) is -2.42. The minimum absolute atomic E-state index is 0.0592. The summed E-state index contributed by atoms with van der Waals surface area (Å²) in [5, 5.41) is 3.86. The van der Waals surface area contributed by atoms with Crippen LogP contribution in [0.2, 0.25) is 0 Å². The number of esters is 1. The van der Waals surface area contributed by atoms with E-state index in [1.54, 1.807) is 12.1 Å². The largest absolute Gasteiger partial charge is 0.452 e. The molecule has 1 N–H and O–H groups in total. The first-order valence-electron chi connectivity index (χ1n) is 7.21. The summed E-state index contributed by atoms with van der Waals surface area (Å²) in [6.45, 7) is -3.61. The van der Waals surface area contributed by atoms with Crippen LogP contribution in [0.1, 0.15) is 15.2 Å². The molecule has 6 nitrogen and oxygen atoms in total. The summed E-state index contributed by atoms with van der Waals surface area (Å²) in [7, 11) is 0. The number of benzene rings is 1. The van der Waals surface area contributed by atoms with E-state index in [-0.39, 0.29) is 11.3 Å². The molecule has 0 bridgehead atoms. The molecule has 0 saturated carbocycles. The molecule has 0 aliphatic carbocycles. The van der Waals surface area contributed by atoms with Crippen LogP contribution in [0.15, 0.2) is 47.9 Å². The SMILES string of the molecule is O=C(COC(=O)/C=C/c1cccs1)NC(=O)c1ccc(OC(F)F)cc1. The molecule has 2 amide bonds. The minimum Gasteiger partial charge on any atom is -0.452 e. The summed E-state index contributed by atoms with van der Waals surface area (Å²) in [5.41, 5.74) is 0.0592. The maximum atomic E-state index is 12.0. The van der Waals surface area contributed by atoms with Crippen molar-refractivity contribution in [3.63, 3.8) is 0 Å². The number of alkyl halides is 2. The van der Waals surface area contributed by atoms with Gasteiger partial charge in [-0.05, 0) is 41.8 Å². The second-order valence-corrected chi connectivity index (χ2v) is 5.72. The van der Waals surface area contributed by atoms with Crippen LogP contribution in [0.5, 0.6) is 5.75 Å². The number of ether oxygens (including phenoxy) is 2. The Labute approximate surface area is 151 Å². The molecule has 2 rings (SSSR count). The van der Waals surface area contributed by atoms with Crippen molar-refractivity contribution in [2.24, 2.45) is 0 Å². The van der Waals surface area contributed by atoms with Crippen molar-refractivity contribution in [1.82, 2.24) is 5.32 Å². The average Bonchev–Trinajstić information content (AvgIpc) is 3.11. The van der Waals surface area contributed by atoms with Gasteiger partial charge in [-0.2, -0.15) is 8.78 Å². The number of imide groups is 1. The number of rotatable bonds is 7. The maximum absolute atomic E-state index is 12.0. The van der Waals surface area contributed by atoms with Gasteiger partial charge in [0.1, 0.15) is 5.75 Å². The topological polar surface area (TPSA) is 81.7 Å². The van der Waals surface area contributed by atoms with Crippen molar-refractivity contribution in [1.29, 1.82) is 0 Å². The van der Waals surface area contributed by atoms with Crippen LogP contribution < -0.4 is 10.1 Å². The lowest BCUT2D eigenvalue weighted by Crippen LogP contribution is -2.34. The molecule has 0 aliphatic heterocycles. The van der Waals surface area contributed by atoms with E-state index in [1.807, 2.05) is 16.8 Å². The highest BCUT2D eigenvalue weighted by atomic mass is 32.1. The fourth-order valence-corrected chi connectivity index (χ4v) is 2.36. The summed E-state index contributed by atoms with van der Waals surface area (Å²) in [6.07, 6.45) is 2.71. The molecule has 0 radical (unpaired) electrons. The molecule has 0 saturated heterocycles. The van der Waals surface area contributed by atoms with E-state index in [0.29, 0.717) is 0 Å². The molecule has 0 atom stereocenters. The van der Waals surface area contributed by atoms with Crippen molar-refractivity contribution in [2.45, 2.75) is 6.61 Å². The van der Waals surface area contributed by atoms with Crippen LogP contribution in [0, 0.1) is 0 Å². The summed E-state index contributed by atoms with van der Waals surface area (Å²) >= 11 is 1.43. The third-order valence-electron chi connectivity index (χ3n) is 2.87. The minimum atomic E-state index is -2.97. The van der Waals surface area contributed by atoms with Gasteiger partial charge in [0.25, 0.3) is 11.8 Å². The Bertz CT molecular complexity index is 788. The Balaban J connectivity index is 1.77. The van der Waals surface area contributed by atoms with Gasteiger partial charge in [0.15, 0.2) is 6.61 Å². The third kappa shape index (κ3) is 6.44. The molecule has 26 heavy (non-hydrogen) atoms. The molecule has 9 heteroatoms. The summed E-state index contributed by atoms with van der Waals surface area (Å²) < 4.78 is 33.0. The van der Waals surface area contributed by atoms with E-state index < -0.39 is 31.0 Å². The summed E-state index contributed by atoms with van der Waals surface area (Å²) in [4.78, 5) is 35.8. The van der Waals surface area contributed by atoms with E-state index >= 15 is 0 Å². The van der Waals surface area contributed by atoms with Crippen LogP contribution in [-0.2, 0) is 14.3 Å². The molecule has 0 aliphatic rings. The second kappa shape index (κ2) is 9.42. The Morgan fingerprint density at radius 2 is 1.88 bits per heavy atom. The fraction of sp³-hybridized carbons (Fsp3) is 0.118. The van der Waals surface area contributed by atoms with Gasteiger partial charge in [0, 0.05) is 16.5 Å². The number of amides is 2. The van der Waals surface area contributed by atoms with E-state index in [9.17, 15) is 23.2 Å². The average molecular weight is 381 g/mol. The summed E-state index contributed by atoms with van der Waals surface area (Å²) in [6, 6.07) is 8.40. The van der Waals surface area contributed by atoms with Crippen molar-refractivity contribution >= 4 is 35.2 Å². The van der Waals surface area contributed by atoms with Crippen LogP contribution in [-0.4, -0.2) is 31.0 Å².